The van der Waals surface area contributed by atoms with Crippen molar-refractivity contribution in [2.24, 2.45) is 0 Å². The summed E-state index contributed by atoms with van der Waals surface area (Å²) in [6.07, 6.45) is 1.62. The average Bonchev–Trinajstić information content (AvgIpc) is 2.68. The lowest BCUT2D eigenvalue weighted by atomic mass is 10.1. The van der Waals surface area contributed by atoms with E-state index in [9.17, 15) is 9.59 Å². The Balaban J connectivity index is 1.64. The molecular formula is C22H27ClN2O3S. The van der Waals surface area contributed by atoms with Crippen LogP contribution in [0.25, 0.3) is 0 Å². The van der Waals surface area contributed by atoms with Gasteiger partial charge in [0.05, 0.1) is 12.8 Å². The van der Waals surface area contributed by atoms with Crippen molar-refractivity contribution < 1.29 is 14.3 Å². The quantitative estimate of drug-likeness (QED) is 0.488. The molecule has 0 aliphatic carbocycles. The fourth-order valence-electron chi connectivity index (χ4n) is 2.81. The standard InChI is InChI=1S/C22H27ClN2O3S/c1-15-6-4-7-16(2)22(15)25-20(26)8-5-12-29-13-11-21(27)24-18-14-17(23)9-10-19(18)28-3/h4,6-7,9-10,14H,5,8,11-13H2,1-3H3,(H,24,27)(H,25,26). The molecule has 0 fully saturated rings. The highest BCUT2D eigenvalue weighted by atomic mass is 35.5. The van der Waals surface area contributed by atoms with Crippen LogP contribution in [0.5, 0.6) is 5.75 Å². The first-order valence-electron chi connectivity index (χ1n) is 9.48. The van der Waals surface area contributed by atoms with Crippen molar-refractivity contribution in [1.82, 2.24) is 0 Å². The maximum absolute atomic E-state index is 12.1. The van der Waals surface area contributed by atoms with Crippen LogP contribution in [-0.4, -0.2) is 30.4 Å². The molecule has 2 aromatic rings. The Morgan fingerprint density at radius 1 is 1.00 bits per heavy atom. The Kier molecular flexibility index (Phi) is 9.35. The third-order valence-corrected chi connectivity index (χ3v) is 5.65. The Morgan fingerprint density at radius 2 is 1.69 bits per heavy atom. The van der Waals surface area contributed by atoms with E-state index in [1.165, 1.54) is 0 Å². The summed E-state index contributed by atoms with van der Waals surface area (Å²) in [5.74, 6) is 2.02. The highest BCUT2D eigenvalue weighted by Crippen LogP contribution is 2.27. The fraction of sp³-hybridized carbons (Fsp3) is 0.364. The van der Waals surface area contributed by atoms with Gasteiger partial charge >= 0.3 is 0 Å². The molecule has 2 rings (SSSR count). The Morgan fingerprint density at radius 3 is 2.38 bits per heavy atom. The smallest absolute Gasteiger partial charge is 0.225 e. The molecule has 2 aromatic carbocycles. The number of benzene rings is 2. The normalized spacial score (nSPS) is 10.5. The van der Waals surface area contributed by atoms with Gasteiger partial charge in [0.1, 0.15) is 5.75 Å². The second-order valence-corrected chi connectivity index (χ2v) is 8.33. The number of hydrogen-bond donors (Lipinski definition) is 2. The molecule has 0 aliphatic heterocycles. The number of halogens is 1. The molecule has 0 bridgehead atoms. The van der Waals surface area contributed by atoms with E-state index >= 15 is 0 Å². The van der Waals surface area contributed by atoms with Gasteiger partial charge in [0, 0.05) is 29.3 Å². The van der Waals surface area contributed by atoms with Gasteiger partial charge in [-0.15, -0.1) is 0 Å². The van der Waals surface area contributed by atoms with Crippen molar-refractivity contribution in [2.45, 2.75) is 33.1 Å². The zero-order valence-corrected chi connectivity index (χ0v) is 18.6. The minimum Gasteiger partial charge on any atom is -0.495 e. The number of nitrogens with one attached hydrogen (secondary N) is 2. The SMILES string of the molecule is COc1ccc(Cl)cc1NC(=O)CCSCCCC(=O)Nc1c(C)cccc1C. The molecule has 29 heavy (non-hydrogen) atoms. The van der Waals surface area contributed by atoms with Gasteiger partial charge in [-0.2, -0.15) is 11.8 Å². The van der Waals surface area contributed by atoms with Crippen LogP contribution in [0, 0.1) is 13.8 Å². The number of methoxy groups -OCH3 is 1. The number of amides is 2. The first kappa shape index (κ1) is 23.1. The molecule has 156 valence electrons. The van der Waals surface area contributed by atoms with Crippen molar-refractivity contribution in [1.29, 1.82) is 0 Å². The van der Waals surface area contributed by atoms with Gasteiger partial charge in [-0.3, -0.25) is 9.59 Å². The topological polar surface area (TPSA) is 67.4 Å². The fourth-order valence-corrected chi connectivity index (χ4v) is 3.86. The molecule has 0 aliphatic rings. The highest BCUT2D eigenvalue weighted by molar-refractivity contribution is 7.99. The van der Waals surface area contributed by atoms with Crippen LogP contribution in [0.15, 0.2) is 36.4 Å². The number of ether oxygens (including phenoxy) is 1. The van der Waals surface area contributed by atoms with Gasteiger partial charge in [-0.1, -0.05) is 29.8 Å². The lowest BCUT2D eigenvalue weighted by molar-refractivity contribution is -0.116. The summed E-state index contributed by atoms with van der Waals surface area (Å²) >= 11 is 7.63. The van der Waals surface area contributed by atoms with Crippen LogP contribution in [0.1, 0.15) is 30.4 Å². The van der Waals surface area contributed by atoms with Crippen molar-refractivity contribution in [3.05, 3.63) is 52.5 Å². The van der Waals surface area contributed by atoms with Crippen molar-refractivity contribution in [3.8, 4) is 5.75 Å². The zero-order chi connectivity index (χ0) is 21.2. The summed E-state index contributed by atoms with van der Waals surface area (Å²) in [4.78, 5) is 24.3. The predicted octanol–water partition coefficient (Wildman–Crippen LogP) is 5.45. The molecular weight excluding hydrogens is 408 g/mol. The minimum atomic E-state index is -0.0918. The number of thioether (sulfide) groups is 1. The molecule has 0 saturated carbocycles. The lowest BCUT2D eigenvalue weighted by Crippen LogP contribution is -2.14. The lowest BCUT2D eigenvalue weighted by Gasteiger charge is -2.11. The summed E-state index contributed by atoms with van der Waals surface area (Å²) in [6, 6.07) is 11.1. The van der Waals surface area contributed by atoms with Crippen molar-refractivity contribution >= 4 is 46.6 Å². The zero-order valence-electron chi connectivity index (χ0n) is 17.0. The number of carbonyl (C=O) groups excluding carboxylic acids is 2. The Hall–Kier alpha value is -2.18. The molecule has 2 N–H and O–H groups in total. The summed E-state index contributed by atoms with van der Waals surface area (Å²) in [5, 5.41) is 6.36. The predicted molar refractivity (Wildman–Crippen MR) is 122 cm³/mol. The first-order valence-corrected chi connectivity index (χ1v) is 11.0. The van der Waals surface area contributed by atoms with Crippen LogP contribution < -0.4 is 15.4 Å². The molecule has 0 radical (unpaired) electrons. The van der Waals surface area contributed by atoms with Gasteiger partial charge in [0.25, 0.3) is 0 Å². The minimum absolute atomic E-state index is 0.0220. The van der Waals surface area contributed by atoms with Crippen LogP contribution >= 0.6 is 23.4 Å². The van der Waals surface area contributed by atoms with Gasteiger partial charge in [-0.25, -0.2) is 0 Å². The van der Waals surface area contributed by atoms with E-state index < -0.39 is 0 Å². The molecule has 0 spiro atoms. The second-order valence-electron chi connectivity index (χ2n) is 6.67. The maximum atomic E-state index is 12.1. The molecule has 0 atom stereocenters. The molecule has 0 saturated heterocycles. The van der Waals surface area contributed by atoms with Crippen LogP contribution in [0.4, 0.5) is 11.4 Å². The van der Waals surface area contributed by atoms with Crippen LogP contribution in [0.3, 0.4) is 0 Å². The van der Waals surface area contributed by atoms with Crippen molar-refractivity contribution in [2.75, 3.05) is 29.2 Å². The number of hydrogen-bond acceptors (Lipinski definition) is 4. The number of carbonyl (C=O) groups is 2. The maximum Gasteiger partial charge on any atom is 0.225 e. The molecule has 0 aromatic heterocycles. The largest absolute Gasteiger partial charge is 0.495 e. The number of rotatable bonds is 10. The molecule has 2 amide bonds. The third-order valence-electron chi connectivity index (χ3n) is 4.35. The van der Waals surface area contributed by atoms with E-state index in [0.717, 1.165) is 29.0 Å². The average molecular weight is 435 g/mol. The van der Waals surface area contributed by atoms with E-state index in [1.54, 1.807) is 37.1 Å². The van der Waals surface area contributed by atoms with Gasteiger partial charge < -0.3 is 15.4 Å². The molecule has 0 heterocycles. The summed E-state index contributed by atoms with van der Waals surface area (Å²) in [7, 11) is 1.55. The van der Waals surface area contributed by atoms with Gasteiger partial charge in [0.2, 0.25) is 11.8 Å². The van der Waals surface area contributed by atoms with E-state index in [-0.39, 0.29) is 11.8 Å². The van der Waals surface area contributed by atoms with E-state index in [2.05, 4.69) is 10.6 Å². The molecule has 7 heteroatoms. The molecule has 5 nitrogen and oxygen atoms in total. The summed E-state index contributed by atoms with van der Waals surface area (Å²) in [6.45, 7) is 3.98. The van der Waals surface area contributed by atoms with Crippen LogP contribution in [-0.2, 0) is 9.59 Å². The van der Waals surface area contributed by atoms with E-state index in [1.807, 2.05) is 32.0 Å². The summed E-state index contributed by atoms with van der Waals surface area (Å²) < 4.78 is 5.22. The number of anilines is 2. The number of aryl methyl sites for hydroxylation is 2. The first-order chi connectivity index (χ1) is 13.9. The summed E-state index contributed by atoms with van der Waals surface area (Å²) in [5.41, 5.74) is 3.60. The van der Waals surface area contributed by atoms with Gasteiger partial charge in [0.15, 0.2) is 0 Å². The Bertz CT molecular complexity index is 838. The monoisotopic (exact) mass is 434 g/mol. The highest BCUT2D eigenvalue weighted by Gasteiger charge is 2.09. The van der Waals surface area contributed by atoms with Crippen LogP contribution in [0.2, 0.25) is 5.02 Å². The molecule has 0 unspecified atom stereocenters. The third kappa shape index (κ3) is 7.63. The van der Waals surface area contributed by atoms with Gasteiger partial charge in [-0.05, 0) is 55.3 Å². The second kappa shape index (κ2) is 11.7. The van der Waals surface area contributed by atoms with Crippen molar-refractivity contribution in [3.63, 3.8) is 0 Å². The van der Waals surface area contributed by atoms with E-state index in [0.29, 0.717) is 35.1 Å². The number of para-hydroxylation sites is 1. The van der Waals surface area contributed by atoms with E-state index in [4.69, 9.17) is 16.3 Å². The Labute approximate surface area is 181 Å².